The molecule has 0 bridgehead atoms. The summed E-state index contributed by atoms with van der Waals surface area (Å²) in [5, 5.41) is 0. The minimum atomic E-state index is -2.79. The Morgan fingerprint density at radius 2 is 1.41 bits per heavy atom. The van der Waals surface area contributed by atoms with E-state index in [-0.39, 0.29) is 24.8 Å². The number of allylic oxidation sites excluding steroid dienone is 4. The van der Waals surface area contributed by atoms with Crippen molar-refractivity contribution < 1.29 is 41.1 Å². The van der Waals surface area contributed by atoms with Gasteiger partial charge in [-0.3, -0.25) is 0 Å². The number of hydrogen-bond donors (Lipinski definition) is 0. The molecular formula is C11H23Cl2OSi2V. The van der Waals surface area contributed by atoms with Crippen LogP contribution in [0.15, 0.2) is 22.5 Å². The maximum absolute atomic E-state index is 13.5. The van der Waals surface area contributed by atoms with Crippen LogP contribution in [0.1, 0.15) is 6.42 Å². The van der Waals surface area contributed by atoms with Gasteiger partial charge in [-0.15, -0.1) is 0 Å². The molecule has 1 nitrogen and oxygen atoms in total. The van der Waals surface area contributed by atoms with Gasteiger partial charge in [0.25, 0.3) is 0 Å². The molecule has 0 atom stereocenters. The summed E-state index contributed by atoms with van der Waals surface area (Å²) < 4.78 is 14.9. The molecule has 6 heteroatoms. The van der Waals surface area contributed by atoms with E-state index >= 15 is 0 Å². The SMILES string of the molecule is C[Si](C)(C)[V+2](=[O])([C]1=CC=CC1)[Si](C)(C)C.[Cl-].[Cl-]. The molecule has 0 aromatic carbocycles. The van der Waals surface area contributed by atoms with Crippen LogP contribution in [0.2, 0.25) is 39.3 Å². The molecule has 0 heterocycles. The van der Waals surface area contributed by atoms with Crippen LogP contribution in [-0.4, -0.2) is 12.9 Å². The van der Waals surface area contributed by atoms with Crippen LogP contribution in [0, 0.1) is 0 Å². The molecule has 1 aliphatic rings. The zero-order valence-corrected chi connectivity index (χ0v) is 16.5. The molecule has 1 aliphatic carbocycles. The molecule has 0 amide bonds. The third kappa shape index (κ3) is 3.68. The molecule has 17 heavy (non-hydrogen) atoms. The molecule has 0 saturated carbocycles. The van der Waals surface area contributed by atoms with Crippen LogP contribution in [0.3, 0.4) is 0 Å². The molecule has 0 fully saturated rings. The van der Waals surface area contributed by atoms with Crippen LogP contribution in [0.5, 0.6) is 0 Å². The molecule has 0 radical (unpaired) electrons. The van der Waals surface area contributed by atoms with Crippen molar-refractivity contribution in [3.05, 3.63) is 22.5 Å². The molecular weight excluding hydrogens is 326 g/mol. The summed E-state index contributed by atoms with van der Waals surface area (Å²) in [5.74, 6) is 0. The molecule has 100 valence electrons. The Hall–Kier alpha value is 0.878. The van der Waals surface area contributed by atoms with E-state index < -0.39 is 25.5 Å². The average Bonchev–Trinajstić information content (AvgIpc) is 2.49. The molecule has 0 N–H and O–H groups in total. The summed E-state index contributed by atoms with van der Waals surface area (Å²) in [7, 11) is 0. The minimum absolute atomic E-state index is 0. The number of halogens is 2. The molecule has 1 rings (SSSR count). The van der Waals surface area contributed by atoms with Crippen molar-refractivity contribution >= 4 is 12.9 Å². The van der Waals surface area contributed by atoms with Crippen molar-refractivity contribution in [1.82, 2.24) is 0 Å². The molecule has 0 unspecified atom stereocenters. The van der Waals surface area contributed by atoms with E-state index in [2.05, 4.69) is 57.5 Å². The molecule has 0 spiro atoms. The second-order valence-electron chi connectivity index (χ2n) is 6.24. The predicted molar refractivity (Wildman–Crippen MR) is 69.2 cm³/mol. The second kappa shape index (κ2) is 6.35. The standard InChI is InChI=1S/C5H5.2C3H9Si.2ClH.O.V/c1-2-4-5-3-1;2*1-4(2)3;;;;/h1-3H,4H2;2*1-3H3;2*1H;;/q;;;;;;+2/p-2. The first-order valence-electron chi connectivity index (χ1n) is 5.57. The Kier molecular flexibility index (Phi) is 7.55. The quantitative estimate of drug-likeness (QED) is 0.539. The summed E-state index contributed by atoms with van der Waals surface area (Å²) in [6.07, 6.45) is 4.27. The minimum Gasteiger partial charge on any atom is -1.00 e. The van der Waals surface area contributed by atoms with E-state index in [0.717, 1.165) is 6.42 Å². The number of hydrogen-bond acceptors (Lipinski definition) is 1. The Morgan fingerprint density at radius 3 is 1.65 bits per heavy atom. The van der Waals surface area contributed by atoms with Gasteiger partial charge in [0, 0.05) is 0 Å². The third-order valence-corrected chi connectivity index (χ3v) is 45.3. The summed E-state index contributed by atoms with van der Waals surface area (Å²) in [5.41, 5.74) is 0. The van der Waals surface area contributed by atoms with Crippen LogP contribution in [0.25, 0.3) is 0 Å². The average molecular weight is 349 g/mol. The van der Waals surface area contributed by atoms with Crippen LogP contribution in [0.4, 0.5) is 0 Å². The van der Waals surface area contributed by atoms with Gasteiger partial charge in [-0.05, 0) is 0 Å². The van der Waals surface area contributed by atoms with Gasteiger partial charge < -0.3 is 24.8 Å². The van der Waals surface area contributed by atoms with Gasteiger partial charge in [0.2, 0.25) is 0 Å². The van der Waals surface area contributed by atoms with E-state index in [9.17, 15) is 3.67 Å². The van der Waals surface area contributed by atoms with Crippen molar-refractivity contribution in [2.75, 3.05) is 0 Å². The topological polar surface area (TPSA) is 17.1 Å². The second-order valence-corrected chi connectivity index (χ2v) is 37.3. The third-order valence-electron chi connectivity index (χ3n) is 3.05. The maximum atomic E-state index is 13.5. The van der Waals surface area contributed by atoms with Gasteiger partial charge in [0.1, 0.15) is 0 Å². The van der Waals surface area contributed by atoms with Gasteiger partial charge in [-0.25, -0.2) is 0 Å². The van der Waals surface area contributed by atoms with Gasteiger partial charge in [0.05, 0.1) is 0 Å². The number of rotatable bonds is 3. The van der Waals surface area contributed by atoms with Crippen molar-refractivity contribution in [3.63, 3.8) is 0 Å². The molecule has 0 aromatic heterocycles. The van der Waals surface area contributed by atoms with Crippen molar-refractivity contribution in [3.8, 4) is 0 Å². The first kappa shape index (κ1) is 20.2. The molecule has 0 aliphatic heterocycles. The summed E-state index contributed by atoms with van der Waals surface area (Å²) >= 11 is -2.79. The van der Waals surface area contributed by atoms with Gasteiger partial charge in [-0.2, -0.15) is 0 Å². The van der Waals surface area contributed by atoms with E-state index in [0.29, 0.717) is 0 Å². The van der Waals surface area contributed by atoms with Crippen molar-refractivity contribution in [2.45, 2.75) is 45.7 Å². The Balaban J connectivity index is 0. The smallest absolute Gasteiger partial charge is 1.00 e. The van der Waals surface area contributed by atoms with E-state index in [1.165, 1.54) is 4.28 Å². The zero-order chi connectivity index (χ0) is 11.9. The van der Waals surface area contributed by atoms with E-state index in [1.807, 2.05) is 0 Å². The van der Waals surface area contributed by atoms with Gasteiger partial charge in [0.15, 0.2) is 0 Å². The largest absolute Gasteiger partial charge is 1.00 e. The first-order valence-corrected chi connectivity index (χ1v) is 17.9. The molecule has 0 saturated heterocycles. The Bertz CT molecular complexity index is 347. The van der Waals surface area contributed by atoms with Crippen LogP contribution in [-0.2, 0) is 16.3 Å². The summed E-state index contributed by atoms with van der Waals surface area (Å²) in [6, 6.07) is 0. The fourth-order valence-electron chi connectivity index (χ4n) is 2.54. The zero-order valence-electron chi connectivity index (χ0n) is 11.6. The summed E-state index contributed by atoms with van der Waals surface area (Å²) in [6.45, 7) is 13.8. The van der Waals surface area contributed by atoms with E-state index in [1.54, 1.807) is 0 Å². The predicted octanol–water partition coefficient (Wildman–Crippen LogP) is -1.99. The van der Waals surface area contributed by atoms with E-state index in [4.69, 9.17) is 0 Å². The first-order chi connectivity index (χ1) is 6.61. The Labute approximate surface area is 122 Å². The Morgan fingerprint density at radius 1 is 1.00 bits per heavy atom. The monoisotopic (exact) mass is 348 g/mol. The fraction of sp³-hybridized carbons (Fsp3) is 0.636. The van der Waals surface area contributed by atoms with Crippen molar-refractivity contribution in [1.29, 1.82) is 0 Å². The molecule has 0 aromatic rings. The van der Waals surface area contributed by atoms with Crippen molar-refractivity contribution in [2.24, 2.45) is 0 Å². The van der Waals surface area contributed by atoms with Gasteiger partial charge in [-0.1, -0.05) is 0 Å². The summed E-state index contributed by atoms with van der Waals surface area (Å²) in [4.78, 5) is 0. The normalized spacial score (nSPS) is 15.1. The van der Waals surface area contributed by atoms with Gasteiger partial charge >= 0.3 is 97.4 Å². The van der Waals surface area contributed by atoms with Crippen LogP contribution >= 0.6 is 0 Å². The van der Waals surface area contributed by atoms with Crippen LogP contribution < -0.4 is 24.8 Å². The maximum Gasteiger partial charge on any atom is -1.00 e. The fourth-order valence-corrected chi connectivity index (χ4v) is 51.1.